The van der Waals surface area contributed by atoms with Crippen LogP contribution in [0.1, 0.15) is 32.6 Å². The summed E-state index contributed by atoms with van der Waals surface area (Å²) in [5, 5.41) is 0. The number of benzene rings is 3. The van der Waals surface area contributed by atoms with Crippen molar-refractivity contribution in [2.75, 3.05) is 14.2 Å². The number of hydrogen-bond donors (Lipinski definition) is 1. The predicted molar refractivity (Wildman–Crippen MR) is 133 cm³/mol. The highest BCUT2D eigenvalue weighted by Crippen LogP contribution is 2.15. The van der Waals surface area contributed by atoms with E-state index in [0.29, 0.717) is 31.6 Å². The largest absolute Gasteiger partial charge is 0.497 e. The van der Waals surface area contributed by atoms with Gasteiger partial charge in [-0.1, -0.05) is 42.2 Å². The number of nitrogens with two attached hydrogens (primary N) is 1. The van der Waals surface area contributed by atoms with Gasteiger partial charge in [0.25, 0.3) is 0 Å². The third-order valence-corrected chi connectivity index (χ3v) is 5.13. The first kappa shape index (κ1) is 25.1. The maximum absolute atomic E-state index is 11.6. The van der Waals surface area contributed by atoms with Crippen LogP contribution >= 0.6 is 0 Å². The van der Waals surface area contributed by atoms with E-state index < -0.39 is 5.91 Å². The van der Waals surface area contributed by atoms with Gasteiger partial charge in [0.2, 0.25) is 5.91 Å². The van der Waals surface area contributed by atoms with E-state index in [2.05, 4.69) is 24.1 Å². The van der Waals surface area contributed by atoms with Crippen molar-refractivity contribution in [1.82, 2.24) is 0 Å². The molecule has 1 amide bonds. The molecule has 3 aromatic carbocycles. The minimum atomic E-state index is -0.490. The first-order valence-corrected chi connectivity index (χ1v) is 11.0. The second-order valence-electron chi connectivity index (χ2n) is 7.53. The number of carbonyl (C=O) groups is 1. The highest BCUT2D eigenvalue weighted by atomic mass is 16.5. The van der Waals surface area contributed by atoms with Crippen LogP contribution in [0.15, 0.2) is 66.7 Å². The van der Waals surface area contributed by atoms with Crippen molar-refractivity contribution in [3.8, 4) is 35.6 Å². The zero-order valence-corrected chi connectivity index (χ0v) is 19.8. The topological polar surface area (TPSA) is 80.0 Å². The predicted octanol–water partition coefficient (Wildman–Crippen LogP) is 4.24. The summed E-state index contributed by atoms with van der Waals surface area (Å²) >= 11 is 0. The molecule has 0 fully saturated rings. The zero-order valence-electron chi connectivity index (χ0n) is 19.8. The van der Waals surface area contributed by atoms with Crippen molar-refractivity contribution in [2.45, 2.75) is 26.1 Å². The summed E-state index contributed by atoms with van der Waals surface area (Å²) in [6.07, 6.45) is 6.30. The van der Waals surface area contributed by atoms with E-state index in [9.17, 15) is 4.79 Å². The molecule has 0 bridgehead atoms. The van der Waals surface area contributed by atoms with Crippen LogP contribution in [0.5, 0.6) is 11.5 Å². The molecule has 0 saturated heterocycles. The van der Waals surface area contributed by atoms with Crippen molar-refractivity contribution >= 4 is 5.91 Å². The third-order valence-electron chi connectivity index (χ3n) is 5.13. The Kier molecular flexibility index (Phi) is 9.48. The summed E-state index contributed by atoms with van der Waals surface area (Å²) in [6, 6.07) is 20.5. The summed E-state index contributed by atoms with van der Waals surface area (Å²) in [7, 11) is 3.25. The van der Waals surface area contributed by atoms with Gasteiger partial charge in [-0.05, 0) is 58.7 Å². The number of carbonyl (C=O) groups excluding carboxylic acids is 1. The lowest BCUT2D eigenvalue weighted by atomic mass is 9.99. The molecular weight excluding hydrogens is 442 g/mol. The fraction of sp³-hybridized carbons (Fsp3) is 0.207. The van der Waals surface area contributed by atoms with Crippen LogP contribution in [-0.2, 0) is 35.5 Å². The minimum absolute atomic E-state index is 0.363. The molecular formula is C29H27NO5. The third kappa shape index (κ3) is 8.07. The number of methoxy groups -OCH3 is 2. The Morgan fingerprint density at radius 2 is 1.20 bits per heavy atom. The molecule has 2 N–H and O–H groups in total. The maximum atomic E-state index is 11.6. The van der Waals surface area contributed by atoms with E-state index in [1.165, 1.54) is 0 Å². The summed E-state index contributed by atoms with van der Waals surface area (Å²) in [4.78, 5) is 11.6. The first-order chi connectivity index (χ1) is 17.1. The molecule has 0 atom stereocenters. The van der Waals surface area contributed by atoms with Gasteiger partial charge in [0.05, 0.1) is 14.2 Å². The van der Waals surface area contributed by atoms with Crippen molar-refractivity contribution in [1.29, 1.82) is 0 Å². The molecule has 3 rings (SSSR count). The smallest absolute Gasteiger partial charge is 0.248 e. The van der Waals surface area contributed by atoms with E-state index in [0.717, 1.165) is 33.8 Å². The fourth-order valence-electron chi connectivity index (χ4n) is 3.16. The molecule has 0 saturated carbocycles. The Morgan fingerprint density at radius 3 is 1.66 bits per heavy atom. The van der Waals surface area contributed by atoms with Crippen LogP contribution in [0.3, 0.4) is 0 Å². The average molecular weight is 470 g/mol. The standard InChI is InChI=1S/C29H27NO5/c1-32-27-13-7-22(8-14-27)20-34-17-3-5-24-11-12-26(29(30)31)19-25(24)6-4-18-35-21-23-9-15-28(33-2)16-10-23/h7-16,19H,5-6,20-21H2,1-2H3,(H2,30,31). The number of hydrogen-bond acceptors (Lipinski definition) is 5. The number of rotatable bonds is 9. The van der Waals surface area contributed by atoms with E-state index in [4.69, 9.17) is 24.7 Å². The molecule has 35 heavy (non-hydrogen) atoms. The molecule has 0 aliphatic carbocycles. The molecule has 6 heteroatoms. The molecule has 0 aliphatic rings. The minimum Gasteiger partial charge on any atom is -0.497 e. The molecule has 0 spiro atoms. The van der Waals surface area contributed by atoms with Crippen LogP contribution in [0.4, 0.5) is 0 Å². The van der Waals surface area contributed by atoms with Gasteiger partial charge in [-0.2, -0.15) is 0 Å². The Hall–Kier alpha value is -4.55. The van der Waals surface area contributed by atoms with Gasteiger partial charge in [0.15, 0.2) is 0 Å². The second-order valence-corrected chi connectivity index (χ2v) is 7.53. The second kappa shape index (κ2) is 13.2. The Labute approximate surface area is 206 Å². The number of ether oxygens (including phenoxy) is 4. The molecule has 0 unspecified atom stereocenters. The van der Waals surface area contributed by atoms with Gasteiger partial charge in [-0.3, -0.25) is 4.79 Å². The van der Waals surface area contributed by atoms with Crippen LogP contribution in [0.2, 0.25) is 0 Å². The first-order valence-electron chi connectivity index (χ1n) is 11.0. The quantitative estimate of drug-likeness (QED) is 0.474. The highest BCUT2D eigenvalue weighted by molar-refractivity contribution is 5.93. The molecule has 3 aromatic rings. The van der Waals surface area contributed by atoms with Crippen LogP contribution < -0.4 is 15.2 Å². The molecule has 0 aliphatic heterocycles. The molecule has 0 radical (unpaired) electrons. The molecule has 0 heterocycles. The van der Waals surface area contributed by atoms with Crippen molar-refractivity contribution in [3.05, 3.63) is 94.5 Å². The van der Waals surface area contributed by atoms with Gasteiger partial charge in [0, 0.05) is 18.4 Å². The van der Waals surface area contributed by atoms with Gasteiger partial charge >= 0.3 is 0 Å². The summed E-state index contributed by atoms with van der Waals surface area (Å²) in [6.45, 7) is 0.740. The van der Waals surface area contributed by atoms with Gasteiger partial charge in [-0.25, -0.2) is 0 Å². The Balaban J connectivity index is 1.57. The van der Waals surface area contributed by atoms with E-state index in [1.54, 1.807) is 26.4 Å². The van der Waals surface area contributed by atoms with Crippen molar-refractivity contribution in [3.63, 3.8) is 0 Å². The lowest BCUT2D eigenvalue weighted by molar-refractivity contribution is 0.1000. The van der Waals surface area contributed by atoms with E-state index in [-0.39, 0.29) is 0 Å². The number of amides is 1. The normalized spacial score (nSPS) is 9.66. The highest BCUT2D eigenvalue weighted by Gasteiger charge is 2.06. The Morgan fingerprint density at radius 1 is 0.714 bits per heavy atom. The molecule has 0 aromatic heterocycles. The van der Waals surface area contributed by atoms with E-state index >= 15 is 0 Å². The monoisotopic (exact) mass is 469 g/mol. The summed E-state index contributed by atoms with van der Waals surface area (Å²) in [5.74, 6) is 7.10. The summed E-state index contributed by atoms with van der Waals surface area (Å²) in [5.41, 5.74) is 9.66. The van der Waals surface area contributed by atoms with Crippen LogP contribution in [-0.4, -0.2) is 20.1 Å². The molecule has 6 nitrogen and oxygen atoms in total. The SMILES string of the molecule is COc1ccc(COC#CCc2ccc(C(N)=O)cc2CC#COCc2ccc(OC)cc2)cc1. The van der Waals surface area contributed by atoms with Gasteiger partial charge < -0.3 is 24.7 Å². The summed E-state index contributed by atoms with van der Waals surface area (Å²) < 4.78 is 21.2. The van der Waals surface area contributed by atoms with E-state index in [1.807, 2.05) is 54.6 Å². The lowest BCUT2D eigenvalue weighted by Gasteiger charge is -2.06. The van der Waals surface area contributed by atoms with Crippen molar-refractivity contribution < 1.29 is 23.7 Å². The maximum Gasteiger partial charge on any atom is 0.248 e. The number of primary amides is 1. The van der Waals surface area contributed by atoms with Crippen LogP contribution in [0.25, 0.3) is 0 Å². The van der Waals surface area contributed by atoms with Gasteiger partial charge in [0.1, 0.15) is 36.9 Å². The van der Waals surface area contributed by atoms with Crippen LogP contribution in [0, 0.1) is 24.1 Å². The zero-order chi connectivity index (χ0) is 24.9. The molecule has 178 valence electrons. The average Bonchev–Trinajstić information content (AvgIpc) is 2.89. The van der Waals surface area contributed by atoms with Crippen molar-refractivity contribution in [2.24, 2.45) is 5.73 Å². The lowest BCUT2D eigenvalue weighted by Crippen LogP contribution is -2.11. The Bertz CT molecular complexity index is 1240. The van der Waals surface area contributed by atoms with Gasteiger partial charge in [-0.15, -0.1) is 0 Å². The fourth-order valence-corrected chi connectivity index (χ4v) is 3.16.